The van der Waals surface area contributed by atoms with E-state index in [4.69, 9.17) is 4.74 Å². The highest BCUT2D eigenvalue weighted by molar-refractivity contribution is 5.67. The van der Waals surface area contributed by atoms with Crippen molar-refractivity contribution in [2.75, 3.05) is 13.2 Å². The van der Waals surface area contributed by atoms with Crippen LogP contribution in [0.5, 0.6) is 0 Å². The number of hydrogen-bond acceptors (Lipinski definition) is 6. The largest absolute Gasteiger partial charge is 0.462 e. The van der Waals surface area contributed by atoms with E-state index < -0.39 is 24.0 Å². The van der Waals surface area contributed by atoms with Crippen molar-refractivity contribution in [2.45, 2.75) is 103 Å². The first-order valence-electron chi connectivity index (χ1n) is 11.5. The van der Waals surface area contributed by atoms with Crippen LogP contribution < -0.4 is 0 Å². The summed E-state index contributed by atoms with van der Waals surface area (Å²) in [5.41, 5.74) is 0. The topological polar surface area (TPSA) is 78.9 Å². The van der Waals surface area contributed by atoms with Gasteiger partial charge in [0, 0.05) is 20.8 Å². The highest BCUT2D eigenvalue weighted by Crippen LogP contribution is 1.97. The molecule has 0 aliphatic carbocycles. The van der Waals surface area contributed by atoms with Crippen molar-refractivity contribution < 1.29 is 28.6 Å². The van der Waals surface area contributed by atoms with E-state index in [1.54, 1.807) is 0 Å². The van der Waals surface area contributed by atoms with E-state index >= 15 is 0 Å². The maximum Gasteiger partial charge on any atom is 0.303 e. The molecule has 0 aromatic rings. The maximum atomic E-state index is 10.6. The van der Waals surface area contributed by atoms with Crippen LogP contribution in [-0.2, 0) is 28.6 Å². The fourth-order valence-electron chi connectivity index (χ4n) is 1.12. The Morgan fingerprint density at radius 3 is 1.09 bits per heavy atom. The molecule has 0 heterocycles. The summed E-state index contributed by atoms with van der Waals surface area (Å²) in [6, 6.07) is 0. The quantitative estimate of drug-likeness (QED) is 0.226. The van der Waals surface area contributed by atoms with Crippen LogP contribution in [0.4, 0.5) is 0 Å². The second kappa shape index (κ2) is 46.7. The summed E-state index contributed by atoms with van der Waals surface area (Å²) >= 11 is 0. The summed E-state index contributed by atoms with van der Waals surface area (Å²) in [7, 11) is 0. The monoisotopic (exact) mass is 460 g/mol. The Bertz CT molecular complexity index is 419. The first kappa shape index (κ1) is 43.5. The highest BCUT2D eigenvalue weighted by Gasteiger charge is 2.15. The van der Waals surface area contributed by atoms with Crippen molar-refractivity contribution in [3.05, 3.63) is 36.5 Å². The Kier molecular flexibility index (Phi) is 63.5. The number of ether oxygens (including phenoxy) is 3. The normalized spacial score (nSPS) is 8.81. The molecule has 0 rings (SSSR count). The molecule has 0 atom stereocenters. The molecule has 0 radical (unpaired) electrons. The molecule has 0 aromatic heterocycles. The molecule has 0 aliphatic heterocycles. The van der Waals surface area contributed by atoms with Gasteiger partial charge < -0.3 is 14.2 Å². The third-order valence-corrected chi connectivity index (χ3v) is 2.35. The number of hydrogen-bond donors (Lipinski definition) is 0. The average Bonchev–Trinajstić information content (AvgIpc) is 2.80. The van der Waals surface area contributed by atoms with Crippen molar-refractivity contribution in [1.82, 2.24) is 0 Å². The third kappa shape index (κ3) is 70.8. The Morgan fingerprint density at radius 1 is 0.594 bits per heavy atom. The zero-order valence-electron chi connectivity index (χ0n) is 23.1. The summed E-state index contributed by atoms with van der Waals surface area (Å²) in [5, 5.41) is 0. The van der Waals surface area contributed by atoms with Gasteiger partial charge >= 0.3 is 17.9 Å². The van der Waals surface area contributed by atoms with Crippen LogP contribution in [0, 0.1) is 0 Å². The maximum absolute atomic E-state index is 10.6. The van der Waals surface area contributed by atoms with Crippen molar-refractivity contribution in [3.8, 4) is 0 Å². The van der Waals surface area contributed by atoms with Gasteiger partial charge in [0.25, 0.3) is 0 Å². The number of rotatable bonds is 7. The number of carbonyl (C=O) groups excluding carboxylic acids is 3. The SMILES string of the molecule is C/C=C\C.C/C=C\C/C=C\C.CC.CC.CC.CC(=O)OCC(COC(C)=O)OC(C)=O. The van der Waals surface area contributed by atoms with Crippen LogP contribution in [-0.4, -0.2) is 37.2 Å². The zero-order valence-corrected chi connectivity index (χ0v) is 23.1. The molecule has 0 fully saturated rings. The molecule has 0 amide bonds. The molecule has 0 saturated carbocycles. The second-order valence-electron chi connectivity index (χ2n) is 4.88. The first-order valence-corrected chi connectivity index (χ1v) is 11.5. The lowest BCUT2D eigenvalue weighted by molar-refractivity contribution is -0.163. The molecule has 0 N–H and O–H groups in total. The number of carbonyl (C=O) groups is 3. The minimum atomic E-state index is -0.754. The van der Waals surface area contributed by atoms with Gasteiger partial charge in [0.05, 0.1) is 0 Å². The van der Waals surface area contributed by atoms with Gasteiger partial charge in [-0.15, -0.1) is 0 Å². The van der Waals surface area contributed by atoms with Gasteiger partial charge in [-0.1, -0.05) is 78.0 Å². The van der Waals surface area contributed by atoms with Gasteiger partial charge in [-0.2, -0.15) is 0 Å². The van der Waals surface area contributed by atoms with Gasteiger partial charge in [0.2, 0.25) is 0 Å². The fourth-order valence-corrected chi connectivity index (χ4v) is 1.12. The lowest BCUT2D eigenvalue weighted by Crippen LogP contribution is -2.29. The van der Waals surface area contributed by atoms with Gasteiger partial charge in [-0.25, -0.2) is 0 Å². The third-order valence-electron chi connectivity index (χ3n) is 2.35. The summed E-state index contributed by atoms with van der Waals surface area (Å²) in [4.78, 5) is 31.6. The number of esters is 3. The molecular weight excluding hydrogens is 408 g/mol. The van der Waals surface area contributed by atoms with Crippen molar-refractivity contribution in [1.29, 1.82) is 0 Å². The van der Waals surface area contributed by atoms with E-state index in [0.29, 0.717) is 0 Å². The Morgan fingerprint density at radius 2 is 0.906 bits per heavy atom. The average molecular weight is 461 g/mol. The molecule has 192 valence electrons. The molecule has 0 unspecified atom stereocenters. The molecule has 32 heavy (non-hydrogen) atoms. The van der Waals surface area contributed by atoms with Crippen LogP contribution in [0.1, 0.15) is 96.4 Å². The molecule has 0 spiro atoms. The fraction of sp³-hybridized carbons (Fsp3) is 0.654. The summed E-state index contributed by atoms with van der Waals surface area (Å²) in [5.74, 6) is -1.51. The summed E-state index contributed by atoms with van der Waals surface area (Å²) in [6.07, 6.45) is 12.7. The zero-order chi connectivity index (χ0) is 26.8. The van der Waals surface area contributed by atoms with Crippen molar-refractivity contribution in [3.63, 3.8) is 0 Å². The molecule has 0 aromatic carbocycles. The molecule has 6 heteroatoms. The summed E-state index contributed by atoms with van der Waals surface area (Å²) < 4.78 is 14.0. The minimum Gasteiger partial charge on any atom is -0.462 e. The van der Waals surface area contributed by atoms with E-state index in [-0.39, 0.29) is 13.2 Å². The first-order chi connectivity index (χ1) is 15.2. The van der Waals surface area contributed by atoms with Crippen LogP contribution in [0.15, 0.2) is 36.5 Å². The van der Waals surface area contributed by atoms with E-state index in [2.05, 4.69) is 33.8 Å². The van der Waals surface area contributed by atoms with Crippen LogP contribution in [0.25, 0.3) is 0 Å². The lowest BCUT2D eigenvalue weighted by atomic mass is 10.3. The summed E-state index contributed by atoms with van der Waals surface area (Å²) in [6.45, 7) is 23.5. The van der Waals surface area contributed by atoms with Crippen LogP contribution in [0.2, 0.25) is 0 Å². The molecule has 6 nitrogen and oxygen atoms in total. The van der Waals surface area contributed by atoms with Gasteiger partial charge in [0.1, 0.15) is 13.2 Å². The Labute approximate surface area is 199 Å². The molecule has 0 bridgehead atoms. The van der Waals surface area contributed by atoms with E-state index in [9.17, 15) is 14.4 Å². The predicted molar refractivity (Wildman–Crippen MR) is 138 cm³/mol. The number of allylic oxidation sites excluding steroid dienone is 6. The molecule has 0 saturated heterocycles. The highest BCUT2D eigenvalue weighted by atomic mass is 16.6. The van der Waals surface area contributed by atoms with Crippen molar-refractivity contribution >= 4 is 17.9 Å². The van der Waals surface area contributed by atoms with E-state index in [1.807, 2.05) is 81.4 Å². The van der Waals surface area contributed by atoms with E-state index in [1.165, 1.54) is 20.8 Å². The van der Waals surface area contributed by atoms with Crippen LogP contribution >= 0.6 is 0 Å². The lowest BCUT2D eigenvalue weighted by Gasteiger charge is -2.15. The van der Waals surface area contributed by atoms with Crippen LogP contribution in [0.3, 0.4) is 0 Å². The predicted octanol–water partition coefficient (Wildman–Crippen LogP) is 7.23. The standard InChI is InChI=1S/C9H14O6.C7H12.C4H8.3C2H6/c1-6(10)13-4-9(15-8(3)12)5-14-7(2)11;1-3-5-7-6-4-2;1-3-4-2;3*1-2/h9H,4-5H2,1-3H3;3-6H,7H2,1-2H3;3-4H,1-2H3;3*1-2H3/b;5-3-,6-4-;4-3-;;;. The van der Waals surface area contributed by atoms with E-state index in [0.717, 1.165) is 6.42 Å². The second-order valence-corrected chi connectivity index (χ2v) is 4.88. The minimum absolute atomic E-state index is 0.123. The Balaban J connectivity index is -0.0000000826. The van der Waals surface area contributed by atoms with Gasteiger partial charge in [-0.05, 0) is 34.1 Å². The smallest absolute Gasteiger partial charge is 0.303 e. The van der Waals surface area contributed by atoms with Gasteiger partial charge in [0.15, 0.2) is 6.10 Å². The molecule has 0 aliphatic rings. The molecular formula is C26H52O6. The van der Waals surface area contributed by atoms with Gasteiger partial charge in [-0.3, -0.25) is 14.4 Å². The van der Waals surface area contributed by atoms with Crippen molar-refractivity contribution in [2.24, 2.45) is 0 Å². The Hall–Kier alpha value is -2.37.